The highest BCUT2D eigenvalue weighted by atomic mass is 79.9. The number of hydrogen-bond acceptors (Lipinski definition) is 5. The van der Waals surface area contributed by atoms with Crippen LogP contribution < -0.4 is 0 Å². The first-order valence-corrected chi connectivity index (χ1v) is 15.7. The van der Waals surface area contributed by atoms with Gasteiger partial charge < -0.3 is 19.8 Å². The van der Waals surface area contributed by atoms with Crippen molar-refractivity contribution in [1.29, 1.82) is 0 Å². The Morgan fingerprint density at radius 1 is 1.10 bits per heavy atom. The van der Waals surface area contributed by atoms with Gasteiger partial charge in [-0.05, 0) is 17.5 Å². The quantitative estimate of drug-likeness (QED) is 0.297. The van der Waals surface area contributed by atoms with Gasteiger partial charge in [0.05, 0.1) is 29.2 Å². The molecular formula is C32H36BrN3O4S. The number of likely N-dealkylation sites (tertiary alicyclic amines) is 1. The molecule has 3 amide bonds. The number of alkyl halides is 1. The molecule has 2 aromatic carbocycles. The molecule has 5 rings (SSSR count). The smallest absolute Gasteiger partial charge is 0.247 e. The Hall–Kier alpha value is -2.88. The second kappa shape index (κ2) is 12.2. The van der Waals surface area contributed by atoms with E-state index in [0.29, 0.717) is 26.1 Å². The standard InChI is InChI=1S/C32H36BrN3O4S/c1-4-16-34(3)29(38)25-26-30(39)36(24(20-37)22-14-10-7-11-15-22)28(32(26)18-23(33)27(25)41-32)31(40)35(17-5-2)19-21-12-8-6-9-13-21/h4-15,23-28,37H,1-2,16-20H2,3H3/t23?,24-,25-,26+,27-,28?,32?/m1/s1. The van der Waals surface area contributed by atoms with Crippen LogP contribution in [0.1, 0.15) is 23.6 Å². The van der Waals surface area contributed by atoms with Gasteiger partial charge in [0.1, 0.15) is 6.04 Å². The van der Waals surface area contributed by atoms with Gasteiger partial charge in [0.15, 0.2) is 0 Å². The van der Waals surface area contributed by atoms with Crippen molar-refractivity contribution in [3.63, 3.8) is 0 Å². The van der Waals surface area contributed by atoms with E-state index in [1.807, 2.05) is 60.7 Å². The summed E-state index contributed by atoms with van der Waals surface area (Å²) in [6, 6.07) is 17.5. The minimum Gasteiger partial charge on any atom is -0.394 e. The number of carbonyl (C=O) groups excluding carboxylic acids is 3. The van der Waals surface area contributed by atoms with Crippen LogP contribution in [0, 0.1) is 11.8 Å². The number of carbonyl (C=O) groups is 3. The fourth-order valence-corrected chi connectivity index (χ4v) is 10.5. The Bertz CT molecular complexity index is 1310. The number of fused-ring (bicyclic) bond motifs is 1. The Morgan fingerprint density at radius 3 is 2.34 bits per heavy atom. The van der Waals surface area contributed by atoms with Crippen LogP contribution in [0.2, 0.25) is 0 Å². The molecule has 1 spiro atoms. The summed E-state index contributed by atoms with van der Waals surface area (Å²) in [6.45, 7) is 8.35. The second-order valence-corrected chi connectivity index (χ2v) is 13.7. The predicted octanol–water partition coefficient (Wildman–Crippen LogP) is 4.04. The minimum absolute atomic E-state index is 0.0378. The number of halogens is 1. The van der Waals surface area contributed by atoms with E-state index in [2.05, 4.69) is 29.1 Å². The average molecular weight is 639 g/mol. The van der Waals surface area contributed by atoms with Gasteiger partial charge in [-0.15, -0.1) is 24.9 Å². The van der Waals surface area contributed by atoms with Crippen molar-refractivity contribution in [2.24, 2.45) is 11.8 Å². The zero-order valence-corrected chi connectivity index (χ0v) is 25.5. The summed E-state index contributed by atoms with van der Waals surface area (Å²) < 4.78 is -0.819. The number of benzene rings is 2. The molecule has 3 aliphatic heterocycles. The molecule has 0 radical (unpaired) electrons. The molecule has 3 fully saturated rings. The van der Waals surface area contributed by atoms with Gasteiger partial charge in [0, 0.05) is 36.8 Å². The second-order valence-electron chi connectivity index (χ2n) is 11.0. The summed E-state index contributed by atoms with van der Waals surface area (Å²) in [5.41, 5.74) is 1.72. The number of aliphatic hydroxyl groups is 1. The summed E-state index contributed by atoms with van der Waals surface area (Å²) in [6.07, 6.45) is 3.93. The van der Waals surface area contributed by atoms with Gasteiger partial charge in [0.25, 0.3) is 0 Å². The van der Waals surface area contributed by atoms with Crippen LogP contribution in [-0.4, -0.2) is 85.1 Å². The molecule has 3 unspecified atom stereocenters. The first kappa shape index (κ1) is 29.6. The first-order chi connectivity index (χ1) is 19.8. The highest BCUT2D eigenvalue weighted by Crippen LogP contribution is 2.68. The topological polar surface area (TPSA) is 81.2 Å². The number of likely N-dealkylation sites (N-methyl/N-ethyl adjacent to an activating group) is 1. The molecule has 1 N–H and O–H groups in total. The lowest BCUT2D eigenvalue weighted by Gasteiger charge is -2.40. The molecule has 0 aliphatic carbocycles. The van der Waals surface area contributed by atoms with Gasteiger partial charge in [-0.1, -0.05) is 88.7 Å². The van der Waals surface area contributed by atoms with Crippen LogP contribution in [0.3, 0.4) is 0 Å². The first-order valence-electron chi connectivity index (χ1n) is 13.9. The van der Waals surface area contributed by atoms with Crippen LogP contribution in [0.15, 0.2) is 86.0 Å². The van der Waals surface area contributed by atoms with E-state index >= 15 is 0 Å². The molecule has 7 atom stereocenters. The molecule has 7 nitrogen and oxygen atoms in total. The van der Waals surface area contributed by atoms with Crippen molar-refractivity contribution in [1.82, 2.24) is 14.7 Å². The highest BCUT2D eigenvalue weighted by molar-refractivity contribution is 9.09. The van der Waals surface area contributed by atoms with Gasteiger partial charge >= 0.3 is 0 Å². The number of thioether (sulfide) groups is 1. The zero-order chi connectivity index (χ0) is 29.3. The van der Waals surface area contributed by atoms with E-state index in [0.717, 1.165) is 11.1 Å². The van der Waals surface area contributed by atoms with E-state index in [-0.39, 0.29) is 34.4 Å². The van der Waals surface area contributed by atoms with E-state index in [1.54, 1.807) is 45.7 Å². The molecule has 3 heterocycles. The highest BCUT2D eigenvalue weighted by Gasteiger charge is 2.76. The van der Waals surface area contributed by atoms with Crippen molar-refractivity contribution >= 4 is 45.4 Å². The van der Waals surface area contributed by atoms with Crippen molar-refractivity contribution in [2.45, 2.75) is 39.9 Å². The van der Waals surface area contributed by atoms with E-state index < -0.39 is 28.7 Å². The third-order valence-electron chi connectivity index (χ3n) is 8.60. The predicted molar refractivity (Wildman–Crippen MR) is 165 cm³/mol. The van der Waals surface area contributed by atoms with Crippen LogP contribution in [0.5, 0.6) is 0 Å². The van der Waals surface area contributed by atoms with E-state index in [4.69, 9.17) is 0 Å². The minimum atomic E-state index is -0.862. The number of amides is 3. The fourth-order valence-electron chi connectivity index (χ4n) is 6.90. The number of aliphatic hydroxyl groups excluding tert-OH is 1. The number of nitrogens with zero attached hydrogens (tertiary/aromatic N) is 3. The molecule has 3 saturated heterocycles. The van der Waals surface area contributed by atoms with Gasteiger partial charge in [-0.3, -0.25) is 14.4 Å². The lowest BCUT2D eigenvalue weighted by atomic mass is 9.70. The van der Waals surface area contributed by atoms with E-state index in [1.165, 1.54) is 0 Å². The third kappa shape index (κ3) is 5.06. The SMILES string of the molecule is C=CCN(C)C(=O)[C@H]1[C@@H]2SC3(CC2Br)C(C(=O)N(CC=C)Cc2ccccc2)N([C@H](CO)c2ccccc2)C(=O)[C@H]13. The van der Waals surface area contributed by atoms with E-state index in [9.17, 15) is 19.5 Å². The maximum atomic E-state index is 14.8. The number of rotatable bonds is 11. The molecule has 0 saturated carbocycles. The summed E-state index contributed by atoms with van der Waals surface area (Å²) in [5.74, 6) is -1.83. The fraction of sp³-hybridized carbons (Fsp3) is 0.406. The maximum Gasteiger partial charge on any atom is 0.247 e. The molecular weight excluding hydrogens is 602 g/mol. The van der Waals surface area contributed by atoms with Crippen LogP contribution in [0.4, 0.5) is 0 Å². The summed E-state index contributed by atoms with van der Waals surface area (Å²) in [4.78, 5) is 48.1. The van der Waals surface area contributed by atoms with Crippen LogP contribution >= 0.6 is 27.7 Å². The molecule has 216 valence electrons. The lowest BCUT2D eigenvalue weighted by molar-refractivity contribution is -0.147. The summed E-state index contributed by atoms with van der Waals surface area (Å²) >= 11 is 5.43. The molecule has 9 heteroatoms. The maximum absolute atomic E-state index is 14.8. The molecule has 41 heavy (non-hydrogen) atoms. The van der Waals surface area contributed by atoms with Gasteiger partial charge in [0.2, 0.25) is 17.7 Å². The Labute approximate surface area is 254 Å². The largest absolute Gasteiger partial charge is 0.394 e. The summed E-state index contributed by atoms with van der Waals surface area (Å²) in [7, 11) is 1.72. The van der Waals surface area contributed by atoms with Crippen LogP contribution in [0.25, 0.3) is 0 Å². The van der Waals surface area contributed by atoms with Gasteiger partial charge in [-0.25, -0.2) is 0 Å². The Kier molecular flexibility index (Phi) is 8.78. The van der Waals surface area contributed by atoms with Crippen LogP contribution in [-0.2, 0) is 20.9 Å². The molecule has 0 aromatic heterocycles. The van der Waals surface area contributed by atoms with Gasteiger partial charge in [-0.2, -0.15) is 0 Å². The number of hydrogen-bond donors (Lipinski definition) is 1. The molecule has 3 aliphatic rings. The summed E-state index contributed by atoms with van der Waals surface area (Å²) in [5, 5.41) is 10.6. The van der Waals surface area contributed by atoms with Crippen molar-refractivity contribution in [3.8, 4) is 0 Å². The van der Waals surface area contributed by atoms with Crippen molar-refractivity contribution < 1.29 is 19.5 Å². The molecule has 2 bridgehead atoms. The lowest BCUT2D eigenvalue weighted by Crippen LogP contribution is -2.56. The third-order valence-corrected chi connectivity index (χ3v) is 11.8. The zero-order valence-electron chi connectivity index (χ0n) is 23.1. The average Bonchev–Trinajstić information content (AvgIpc) is 3.57. The van der Waals surface area contributed by atoms with Crippen molar-refractivity contribution in [2.75, 3.05) is 26.7 Å². The Balaban J connectivity index is 1.62. The molecule has 2 aromatic rings. The Morgan fingerprint density at radius 2 is 1.73 bits per heavy atom. The van der Waals surface area contributed by atoms with Crippen molar-refractivity contribution in [3.05, 3.63) is 97.1 Å². The monoisotopic (exact) mass is 637 g/mol. The normalized spacial score (nSPS) is 28.7.